The van der Waals surface area contributed by atoms with Crippen molar-refractivity contribution in [2.75, 3.05) is 6.61 Å². The zero-order chi connectivity index (χ0) is 16.0. The largest absolute Gasteiger partial charge is 0.352 e. The van der Waals surface area contributed by atoms with E-state index in [0.29, 0.717) is 6.54 Å². The predicted molar refractivity (Wildman–Crippen MR) is 77.9 cm³/mol. The number of alkyl halides is 2. The van der Waals surface area contributed by atoms with Crippen molar-refractivity contribution in [2.24, 2.45) is 11.3 Å². The van der Waals surface area contributed by atoms with Gasteiger partial charge in [0.2, 0.25) is 5.91 Å². The Kier molecular flexibility index (Phi) is 6.27. The van der Waals surface area contributed by atoms with Crippen LogP contribution in [0, 0.1) is 18.3 Å². The van der Waals surface area contributed by atoms with Gasteiger partial charge >= 0.3 is 6.61 Å². The third-order valence-electron chi connectivity index (χ3n) is 3.30. The molecular formula is C16H23F2NO2. The zero-order valence-corrected chi connectivity index (χ0v) is 13.0. The topological polar surface area (TPSA) is 38.3 Å². The third kappa shape index (κ3) is 6.21. The van der Waals surface area contributed by atoms with Gasteiger partial charge in [-0.15, -0.1) is 0 Å². The number of hydrogen-bond donors (Lipinski definition) is 1. The number of rotatable bonds is 6. The van der Waals surface area contributed by atoms with Gasteiger partial charge in [0.25, 0.3) is 0 Å². The maximum absolute atomic E-state index is 12.2. The van der Waals surface area contributed by atoms with Gasteiger partial charge < -0.3 is 10.1 Å². The first kappa shape index (κ1) is 17.6. The molecule has 1 aromatic rings. The van der Waals surface area contributed by atoms with E-state index in [1.165, 1.54) is 0 Å². The predicted octanol–water partition coefficient (Wildman–Crippen LogP) is 3.51. The summed E-state index contributed by atoms with van der Waals surface area (Å²) in [5.74, 6) is -0.902. The van der Waals surface area contributed by atoms with E-state index < -0.39 is 17.9 Å². The second kappa shape index (κ2) is 7.50. The van der Waals surface area contributed by atoms with Crippen molar-refractivity contribution in [1.82, 2.24) is 5.32 Å². The fourth-order valence-electron chi connectivity index (χ4n) is 2.02. The van der Waals surface area contributed by atoms with Crippen molar-refractivity contribution >= 4 is 5.91 Å². The van der Waals surface area contributed by atoms with Crippen LogP contribution < -0.4 is 5.32 Å². The van der Waals surface area contributed by atoms with Gasteiger partial charge in [-0.05, 0) is 17.9 Å². The summed E-state index contributed by atoms with van der Waals surface area (Å²) >= 11 is 0. The van der Waals surface area contributed by atoms with Gasteiger partial charge in [-0.3, -0.25) is 4.79 Å². The van der Waals surface area contributed by atoms with Crippen LogP contribution in [-0.4, -0.2) is 19.1 Å². The van der Waals surface area contributed by atoms with E-state index in [9.17, 15) is 13.6 Å². The van der Waals surface area contributed by atoms with Crippen LogP contribution >= 0.6 is 0 Å². The minimum atomic E-state index is -2.86. The molecule has 3 nitrogen and oxygen atoms in total. The van der Waals surface area contributed by atoms with Gasteiger partial charge in [0.15, 0.2) is 0 Å². The quantitative estimate of drug-likeness (QED) is 0.873. The van der Waals surface area contributed by atoms with Crippen molar-refractivity contribution in [2.45, 2.75) is 40.9 Å². The molecule has 0 saturated carbocycles. The lowest BCUT2D eigenvalue weighted by Crippen LogP contribution is -2.40. The number of nitrogens with one attached hydrogen (secondary N) is 1. The first-order valence-electron chi connectivity index (χ1n) is 6.93. The van der Waals surface area contributed by atoms with E-state index in [1.54, 1.807) is 0 Å². The van der Waals surface area contributed by atoms with E-state index in [1.807, 2.05) is 52.0 Å². The SMILES string of the molecule is Cc1cccc(CNC(=O)C(COC(F)F)C(C)(C)C)c1. The molecule has 0 radical (unpaired) electrons. The van der Waals surface area contributed by atoms with Crippen molar-refractivity contribution < 1.29 is 18.3 Å². The summed E-state index contributed by atoms with van der Waals surface area (Å²) in [6, 6.07) is 7.77. The fraction of sp³-hybridized carbons (Fsp3) is 0.562. The van der Waals surface area contributed by atoms with Crippen molar-refractivity contribution in [3.05, 3.63) is 35.4 Å². The van der Waals surface area contributed by atoms with Crippen LogP contribution in [0.25, 0.3) is 0 Å². The Bertz CT molecular complexity index is 470. The second-order valence-electron chi connectivity index (χ2n) is 6.22. The fourth-order valence-corrected chi connectivity index (χ4v) is 2.02. The Morgan fingerprint density at radius 1 is 1.33 bits per heavy atom. The highest BCUT2D eigenvalue weighted by Crippen LogP contribution is 2.27. The third-order valence-corrected chi connectivity index (χ3v) is 3.30. The maximum atomic E-state index is 12.2. The number of carbonyl (C=O) groups is 1. The van der Waals surface area contributed by atoms with Gasteiger partial charge in [0, 0.05) is 6.54 Å². The van der Waals surface area contributed by atoms with Gasteiger partial charge in [0.05, 0.1) is 12.5 Å². The Hall–Kier alpha value is -1.49. The molecule has 118 valence electrons. The summed E-state index contributed by atoms with van der Waals surface area (Å²) in [5, 5.41) is 2.79. The minimum absolute atomic E-state index is 0.273. The monoisotopic (exact) mass is 299 g/mol. The average Bonchev–Trinajstić information content (AvgIpc) is 2.34. The molecular weight excluding hydrogens is 276 g/mol. The van der Waals surface area contributed by atoms with E-state index in [-0.39, 0.29) is 12.5 Å². The van der Waals surface area contributed by atoms with Crippen LogP contribution in [0.4, 0.5) is 8.78 Å². The van der Waals surface area contributed by atoms with Crippen molar-refractivity contribution in [3.8, 4) is 0 Å². The standard InChI is InChI=1S/C16H23F2NO2/c1-11-6-5-7-12(8-11)9-19-14(20)13(16(2,3)4)10-21-15(17)18/h5-8,13,15H,9-10H2,1-4H3,(H,19,20). The molecule has 5 heteroatoms. The summed E-state index contributed by atoms with van der Waals surface area (Å²) < 4.78 is 28.7. The number of hydrogen-bond acceptors (Lipinski definition) is 2. The highest BCUT2D eigenvalue weighted by atomic mass is 19.3. The molecule has 0 aliphatic rings. The molecule has 0 fully saturated rings. The molecule has 0 aliphatic carbocycles. The highest BCUT2D eigenvalue weighted by Gasteiger charge is 2.32. The molecule has 1 aromatic carbocycles. The molecule has 0 aromatic heterocycles. The number of aryl methyl sites for hydroxylation is 1. The molecule has 1 rings (SSSR count). The Labute approximate surface area is 124 Å². The number of halogens is 2. The molecule has 0 spiro atoms. The average molecular weight is 299 g/mol. The maximum Gasteiger partial charge on any atom is 0.345 e. The Balaban J connectivity index is 2.64. The normalized spacial score (nSPS) is 13.3. The van der Waals surface area contributed by atoms with Gasteiger partial charge in [-0.1, -0.05) is 50.6 Å². The lowest BCUT2D eigenvalue weighted by atomic mass is 9.80. The van der Waals surface area contributed by atoms with Crippen LogP contribution in [-0.2, 0) is 16.1 Å². The molecule has 1 unspecified atom stereocenters. The first-order valence-corrected chi connectivity index (χ1v) is 6.93. The van der Waals surface area contributed by atoms with Crippen LogP contribution in [0.3, 0.4) is 0 Å². The lowest BCUT2D eigenvalue weighted by Gasteiger charge is -2.29. The molecule has 1 N–H and O–H groups in total. The Morgan fingerprint density at radius 2 is 2.00 bits per heavy atom. The van der Waals surface area contributed by atoms with Crippen LogP contribution in [0.1, 0.15) is 31.9 Å². The number of ether oxygens (including phenoxy) is 1. The van der Waals surface area contributed by atoms with Crippen LogP contribution in [0.2, 0.25) is 0 Å². The van der Waals surface area contributed by atoms with Crippen LogP contribution in [0.5, 0.6) is 0 Å². The summed E-state index contributed by atoms with van der Waals surface area (Å²) in [4.78, 5) is 12.2. The number of benzene rings is 1. The van der Waals surface area contributed by atoms with Crippen molar-refractivity contribution in [3.63, 3.8) is 0 Å². The minimum Gasteiger partial charge on any atom is -0.352 e. The summed E-state index contributed by atoms with van der Waals surface area (Å²) in [6.45, 7) is 4.69. The molecule has 0 aliphatic heterocycles. The second-order valence-corrected chi connectivity index (χ2v) is 6.22. The molecule has 0 saturated heterocycles. The number of amides is 1. The van der Waals surface area contributed by atoms with Crippen molar-refractivity contribution in [1.29, 1.82) is 0 Å². The molecule has 0 bridgehead atoms. The Morgan fingerprint density at radius 3 is 2.52 bits per heavy atom. The molecule has 21 heavy (non-hydrogen) atoms. The van der Waals surface area contributed by atoms with Crippen LogP contribution in [0.15, 0.2) is 24.3 Å². The lowest BCUT2D eigenvalue weighted by molar-refractivity contribution is -0.156. The summed E-state index contributed by atoms with van der Waals surface area (Å²) in [5.41, 5.74) is 1.63. The zero-order valence-electron chi connectivity index (χ0n) is 13.0. The first-order chi connectivity index (χ1) is 9.70. The van der Waals surface area contributed by atoms with Gasteiger partial charge in [0.1, 0.15) is 0 Å². The van der Waals surface area contributed by atoms with E-state index in [4.69, 9.17) is 0 Å². The number of carbonyl (C=O) groups excluding carboxylic acids is 1. The highest BCUT2D eigenvalue weighted by molar-refractivity contribution is 5.79. The smallest absolute Gasteiger partial charge is 0.345 e. The van der Waals surface area contributed by atoms with E-state index >= 15 is 0 Å². The summed E-state index contributed by atoms with van der Waals surface area (Å²) in [6.07, 6.45) is 0. The van der Waals surface area contributed by atoms with E-state index in [2.05, 4.69) is 10.1 Å². The van der Waals surface area contributed by atoms with E-state index in [0.717, 1.165) is 11.1 Å². The molecule has 1 atom stereocenters. The molecule has 0 heterocycles. The van der Waals surface area contributed by atoms with Gasteiger partial charge in [-0.25, -0.2) is 0 Å². The molecule has 1 amide bonds. The summed E-state index contributed by atoms with van der Waals surface area (Å²) in [7, 11) is 0. The van der Waals surface area contributed by atoms with Gasteiger partial charge in [-0.2, -0.15) is 8.78 Å².